The fourth-order valence-corrected chi connectivity index (χ4v) is 2.41. The molecule has 0 radical (unpaired) electrons. The number of anilines is 1. The lowest BCUT2D eigenvalue weighted by Gasteiger charge is -2.19. The molecule has 1 N–H and O–H groups in total. The van der Waals surface area contributed by atoms with Gasteiger partial charge in [-0.25, -0.2) is 0 Å². The Labute approximate surface area is 103 Å². The van der Waals surface area contributed by atoms with Crippen LogP contribution in [-0.4, -0.2) is 6.04 Å². The predicted molar refractivity (Wildman–Crippen MR) is 62.3 cm³/mol. The van der Waals surface area contributed by atoms with Gasteiger partial charge in [-0.2, -0.15) is 13.2 Å². The molecule has 94 valence electrons. The smallest absolute Gasteiger partial charge is 0.381 e. The summed E-state index contributed by atoms with van der Waals surface area (Å²) in [6, 6.07) is 3.97. The molecule has 0 atom stereocenters. The number of hydrogen-bond donors (Lipinski definition) is 1. The molecule has 1 aromatic rings. The number of hydrogen-bond acceptors (Lipinski definition) is 1. The van der Waals surface area contributed by atoms with E-state index in [1.807, 2.05) is 0 Å². The Bertz CT molecular complexity index is 397. The summed E-state index contributed by atoms with van der Waals surface area (Å²) in [6.07, 6.45) is -0.441. The van der Waals surface area contributed by atoms with Crippen molar-refractivity contribution in [2.45, 2.75) is 37.9 Å². The Hall–Kier alpha value is -0.900. The van der Waals surface area contributed by atoms with Crippen molar-refractivity contribution >= 4 is 17.3 Å². The first-order valence-corrected chi connectivity index (χ1v) is 5.98. The molecule has 0 unspecified atom stereocenters. The van der Waals surface area contributed by atoms with Crippen molar-refractivity contribution < 1.29 is 13.2 Å². The highest BCUT2D eigenvalue weighted by atomic mass is 35.5. The van der Waals surface area contributed by atoms with Gasteiger partial charge in [0.2, 0.25) is 0 Å². The second-order valence-electron chi connectivity index (χ2n) is 4.29. The van der Waals surface area contributed by atoms with Crippen LogP contribution < -0.4 is 5.32 Å². The van der Waals surface area contributed by atoms with Gasteiger partial charge in [0.05, 0.1) is 16.3 Å². The summed E-state index contributed by atoms with van der Waals surface area (Å²) in [5.74, 6) is 0. The minimum absolute atomic E-state index is 0.0218. The fourth-order valence-electron chi connectivity index (χ4n) is 2.18. The average molecular weight is 264 g/mol. The summed E-state index contributed by atoms with van der Waals surface area (Å²) in [5, 5.41) is 3.06. The van der Waals surface area contributed by atoms with Crippen molar-refractivity contribution in [1.29, 1.82) is 0 Å². The van der Waals surface area contributed by atoms with Gasteiger partial charge in [0, 0.05) is 6.04 Å². The highest BCUT2D eigenvalue weighted by molar-refractivity contribution is 6.33. The monoisotopic (exact) mass is 263 g/mol. The Morgan fingerprint density at radius 1 is 1.18 bits per heavy atom. The molecular formula is C12H13ClF3N. The van der Waals surface area contributed by atoms with Crippen LogP contribution in [0.25, 0.3) is 0 Å². The van der Waals surface area contributed by atoms with Crippen molar-refractivity contribution in [3.05, 3.63) is 28.8 Å². The Morgan fingerprint density at radius 3 is 2.41 bits per heavy atom. The van der Waals surface area contributed by atoms with Gasteiger partial charge in [0.15, 0.2) is 0 Å². The van der Waals surface area contributed by atoms with Crippen LogP contribution in [0.3, 0.4) is 0 Å². The van der Waals surface area contributed by atoms with Crippen LogP contribution in [0.5, 0.6) is 0 Å². The second-order valence-corrected chi connectivity index (χ2v) is 4.69. The standard InChI is InChI=1S/C12H13ClF3N/c13-10-7-3-6-9(12(14,15)16)11(10)17-8-4-1-2-5-8/h3,6-8,17H,1-2,4-5H2. The van der Waals surface area contributed by atoms with E-state index in [2.05, 4.69) is 5.32 Å². The van der Waals surface area contributed by atoms with Gasteiger partial charge in [-0.05, 0) is 25.0 Å². The Morgan fingerprint density at radius 2 is 1.82 bits per heavy atom. The summed E-state index contributed by atoms with van der Waals surface area (Å²) in [5.41, 5.74) is -0.662. The van der Waals surface area contributed by atoms with Gasteiger partial charge < -0.3 is 5.32 Å². The molecule has 0 amide bonds. The SMILES string of the molecule is FC(F)(F)c1cccc(Cl)c1NC1CCCC1. The van der Waals surface area contributed by atoms with E-state index in [1.165, 1.54) is 12.1 Å². The predicted octanol–water partition coefficient (Wildman–Crippen LogP) is 4.71. The lowest BCUT2D eigenvalue weighted by atomic mass is 10.1. The van der Waals surface area contributed by atoms with E-state index in [0.29, 0.717) is 0 Å². The van der Waals surface area contributed by atoms with Crippen LogP contribution in [0, 0.1) is 0 Å². The minimum atomic E-state index is -4.37. The maximum absolute atomic E-state index is 12.8. The van der Waals surface area contributed by atoms with Crippen molar-refractivity contribution in [1.82, 2.24) is 0 Å². The molecule has 1 aliphatic carbocycles. The van der Waals surface area contributed by atoms with E-state index in [-0.39, 0.29) is 16.8 Å². The highest BCUT2D eigenvalue weighted by Gasteiger charge is 2.35. The van der Waals surface area contributed by atoms with E-state index >= 15 is 0 Å². The lowest BCUT2D eigenvalue weighted by Crippen LogP contribution is -2.18. The summed E-state index contributed by atoms with van der Waals surface area (Å²) < 4.78 is 38.4. The first kappa shape index (κ1) is 12.6. The molecule has 0 aliphatic heterocycles. The zero-order chi connectivity index (χ0) is 12.5. The molecule has 2 rings (SSSR count). The van der Waals surface area contributed by atoms with Crippen molar-refractivity contribution in [2.24, 2.45) is 0 Å². The third-order valence-electron chi connectivity index (χ3n) is 3.02. The summed E-state index contributed by atoms with van der Waals surface area (Å²) in [7, 11) is 0. The van der Waals surface area contributed by atoms with Gasteiger partial charge >= 0.3 is 6.18 Å². The van der Waals surface area contributed by atoms with E-state index in [9.17, 15) is 13.2 Å². The summed E-state index contributed by atoms with van der Waals surface area (Å²) in [6.45, 7) is 0. The molecule has 0 bridgehead atoms. The van der Waals surface area contributed by atoms with E-state index in [1.54, 1.807) is 0 Å². The maximum atomic E-state index is 12.8. The molecule has 1 aliphatic rings. The molecular weight excluding hydrogens is 251 g/mol. The summed E-state index contributed by atoms with van der Waals surface area (Å²) in [4.78, 5) is 0. The number of alkyl halides is 3. The molecule has 0 saturated heterocycles. The van der Waals surface area contributed by atoms with Crippen LogP contribution in [0.1, 0.15) is 31.2 Å². The molecule has 0 spiro atoms. The van der Waals surface area contributed by atoms with Crippen molar-refractivity contribution in [2.75, 3.05) is 5.32 Å². The lowest BCUT2D eigenvalue weighted by molar-refractivity contribution is -0.137. The van der Waals surface area contributed by atoms with Crippen molar-refractivity contribution in [3.63, 3.8) is 0 Å². The van der Waals surface area contributed by atoms with E-state index in [0.717, 1.165) is 31.7 Å². The van der Waals surface area contributed by atoms with Crippen molar-refractivity contribution in [3.8, 4) is 0 Å². The molecule has 1 fully saturated rings. The van der Waals surface area contributed by atoms with Gasteiger partial charge in [-0.1, -0.05) is 30.5 Å². The van der Waals surface area contributed by atoms with Crippen LogP contribution in [-0.2, 0) is 6.18 Å². The number of para-hydroxylation sites is 1. The minimum Gasteiger partial charge on any atom is -0.381 e. The van der Waals surface area contributed by atoms with Gasteiger partial charge in [-0.3, -0.25) is 0 Å². The zero-order valence-corrected chi connectivity index (χ0v) is 9.91. The number of nitrogens with one attached hydrogen (secondary N) is 1. The molecule has 0 aromatic heterocycles. The van der Waals surface area contributed by atoms with Gasteiger partial charge in [0.1, 0.15) is 0 Å². The maximum Gasteiger partial charge on any atom is 0.418 e. The van der Waals surface area contributed by atoms with Gasteiger partial charge in [0.25, 0.3) is 0 Å². The number of benzene rings is 1. The quantitative estimate of drug-likeness (QED) is 0.815. The van der Waals surface area contributed by atoms with Crippen LogP contribution in [0.15, 0.2) is 18.2 Å². The Balaban J connectivity index is 2.30. The largest absolute Gasteiger partial charge is 0.418 e. The fraction of sp³-hybridized carbons (Fsp3) is 0.500. The first-order chi connectivity index (χ1) is 7.98. The van der Waals surface area contributed by atoms with Crippen LogP contribution in [0.2, 0.25) is 5.02 Å². The van der Waals surface area contributed by atoms with Crippen LogP contribution >= 0.6 is 11.6 Å². The first-order valence-electron chi connectivity index (χ1n) is 5.61. The molecule has 5 heteroatoms. The molecule has 1 aromatic carbocycles. The highest BCUT2D eigenvalue weighted by Crippen LogP contribution is 2.39. The normalized spacial score (nSPS) is 17.4. The van der Waals surface area contributed by atoms with Crippen LogP contribution in [0.4, 0.5) is 18.9 Å². The van der Waals surface area contributed by atoms with E-state index in [4.69, 9.17) is 11.6 Å². The second kappa shape index (κ2) is 4.77. The van der Waals surface area contributed by atoms with E-state index < -0.39 is 11.7 Å². The number of halogens is 4. The molecule has 1 saturated carbocycles. The molecule has 17 heavy (non-hydrogen) atoms. The number of rotatable bonds is 2. The third-order valence-corrected chi connectivity index (χ3v) is 3.34. The third kappa shape index (κ3) is 2.86. The van der Waals surface area contributed by atoms with Gasteiger partial charge in [-0.15, -0.1) is 0 Å². The Kier molecular flexibility index (Phi) is 3.52. The topological polar surface area (TPSA) is 12.0 Å². The average Bonchev–Trinajstić information content (AvgIpc) is 2.72. The zero-order valence-electron chi connectivity index (χ0n) is 9.15. The molecule has 0 heterocycles. The molecule has 1 nitrogen and oxygen atoms in total. The summed E-state index contributed by atoms with van der Waals surface area (Å²) >= 11 is 5.85.